The number of nitrogens with one attached hydrogen (secondary N) is 1. The van der Waals surface area contributed by atoms with Crippen LogP contribution >= 0.6 is 22.6 Å². The van der Waals surface area contributed by atoms with Crippen molar-refractivity contribution in [1.29, 1.82) is 0 Å². The fourth-order valence-electron chi connectivity index (χ4n) is 1.88. The summed E-state index contributed by atoms with van der Waals surface area (Å²) < 4.78 is 27.2. The summed E-state index contributed by atoms with van der Waals surface area (Å²) in [4.78, 5) is 0.306. The molecule has 5 heteroatoms. The minimum absolute atomic E-state index is 0.100. The molecule has 0 amide bonds. The standard InChI is InChI=1S/C16H18INO2S/c1-12-3-7-14(8-4-12)16(17)11-18-21(19,20)15-9-5-13(2)6-10-15/h3-10,16,18H,11H2,1-2H3. The normalized spacial score (nSPS) is 13.1. The molecule has 0 aliphatic heterocycles. The van der Waals surface area contributed by atoms with Crippen LogP contribution in [-0.4, -0.2) is 15.0 Å². The zero-order chi connectivity index (χ0) is 15.5. The molecule has 0 heterocycles. The minimum atomic E-state index is -3.44. The molecule has 2 aromatic carbocycles. The molecule has 0 saturated carbocycles. The van der Waals surface area contributed by atoms with Crippen LogP contribution in [-0.2, 0) is 10.0 Å². The van der Waals surface area contributed by atoms with Gasteiger partial charge >= 0.3 is 0 Å². The quantitative estimate of drug-likeness (QED) is 0.597. The molecular formula is C16H18INO2S. The third kappa shape index (κ3) is 4.52. The fraction of sp³-hybridized carbons (Fsp3) is 0.250. The average molecular weight is 415 g/mol. The van der Waals surface area contributed by atoms with E-state index in [0.29, 0.717) is 11.4 Å². The van der Waals surface area contributed by atoms with E-state index in [1.54, 1.807) is 24.3 Å². The summed E-state index contributed by atoms with van der Waals surface area (Å²) in [6, 6.07) is 15.0. The van der Waals surface area contributed by atoms with E-state index in [1.807, 2.05) is 38.1 Å². The first-order chi connectivity index (χ1) is 9.88. The lowest BCUT2D eigenvalue weighted by atomic mass is 10.1. The van der Waals surface area contributed by atoms with Crippen LogP contribution in [0.15, 0.2) is 53.4 Å². The Balaban J connectivity index is 2.04. The molecular weight excluding hydrogens is 397 g/mol. The molecule has 1 N–H and O–H groups in total. The first-order valence-corrected chi connectivity index (χ1v) is 9.38. The van der Waals surface area contributed by atoms with Crippen molar-refractivity contribution in [3.63, 3.8) is 0 Å². The highest BCUT2D eigenvalue weighted by Gasteiger charge is 2.16. The predicted octanol–water partition coefficient (Wildman–Crippen LogP) is 3.76. The van der Waals surface area contributed by atoms with E-state index in [-0.39, 0.29) is 3.92 Å². The van der Waals surface area contributed by atoms with Crippen molar-refractivity contribution in [1.82, 2.24) is 4.72 Å². The van der Waals surface area contributed by atoms with E-state index in [2.05, 4.69) is 27.3 Å². The Kier molecular flexibility index (Phi) is 5.40. The van der Waals surface area contributed by atoms with E-state index in [1.165, 1.54) is 5.56 Å². The van der Waals surface area contributed by atoms with Gasteiger partial charge in [-0.15, -0.1) is 0 Å². The third-order valence-corrected chi connectivity index (χ3v) is 5.82. The van der Waals surface area contributed by atoms with Gasteiger partial charge in [-0.2, -0.15) is 0 Å². The zero-order valence-electron chi connectivity index (χ0n) is 12.0. The Morgan fingerprint density at radius 3 is 1.95 bits per heavy atom. The van der Waals surface area contributed by atoms with E-state index < -0.39 is 10.0 Å². The lowest BCUT2D eigenvalue weighted by Gasteiger charge is -2.12. The Hall–Kier alpha value is -0.920. The zero-order valence-corrected chi connectivity index (χ0v) is 15.0. The van der Waals surface area contributed by atoms with E-state index in [0.717, 1.165) is 11.1 Å². The molecule has 0 aromatic heterocycles. The van der Waals surface area contributed by atoms with Gasteiger partial charge in [0.15, 0.2) is 0 Å². The van der Waals surface area contributed by atoms with Gasteiger partial charge in [0.25, 0.3) is 0 Å². The number of hydrogen-bond acceptors (Lipinski definition) is 2. The summed E-state index contributed by atoms with van der Waals surface area (Å²) in [5.74, 6) is 0. The maximum absolute atomic E-state index is 12.2. The minimum Gasteiger partial charge on any atom is -0.210 e. The molecule has 0 bridgehead atoms. The van der Waals surface area contributed by atoms with Crippen LogP contribution in [0.1, 0.15) is 20.6 Å². The lowest BCUT2D eigenvalue weighted by Crippen LogP contribution is -2.26. The van der Waals surface area contributed by atoms with Gasteiger partial charge in [-0.25, -0.2) is 13.1 Å². The predicted molar refractivity (Wildman–Crippen MR) is 94.3 cm³/mol. The molecule has 0 spiro atoms. The summed E-state index contributed by atoms with van der Waals surface area (Å²) in [6.07, 6.45) is 0. The molecule has 1 atom stereocenters. The largest absolute Gasteiger partial charge is 0.240 e. The molecule has 21 heavy (non-hydrogen) atoms. The molecule has 2 rings (SSSR count). The Labute approximate surface area is 140 Å². The maximum atomic E-state index is 12.2. The first-order valence-electron chi connectivity index (χ1n) is 6.65. The second-order valence-corrected chi connectivity index (χ2v) is 8.31. The highest BCUT2D eigenvalue weighted by molar-refractivity contribution is 14.1. The van der Waals surface area contributed by atoms with Gasteiger partial charge in [-0.3, -0.25) is 0 Å². The Morgan fingerprint density at radius 1 is 0.952 bits per heavy atom. The molecule has 0 fully saturated rings. The van der Waals surface area contributed by atoms with Gasteiger partial charge in [0.05, 0.1) is 4.90 Å². The highest BCUT2D eigenvalue weighted by Crippen LogP contribution is 2.23. The molecule has 0 radical (unpaired) electrons. The number of benzene rings is 2. The number of alkyl halides is 1. The molecule has 112 valence electrons. The smallest absolute Gasteiger partial charge is 0.210 e. The van der Waals surface area contributed by atoms with Crippen molar-refractivity contribution in [3.8, 4) is 0 Å². The Bertz CT molecular complexity index is 694. The van der Waals surface area contributed by atoms with Crippen LogP contribution in [0.4, 0.5) is 0 Å². The fourth-order valence-corrected chi connectivity index (χ4v) is 3.86. The number of sulfonamides is 1. The summed E-state index contributed by atoms with van der Waals surface area (Å²) in [6.45, 7) is 4.34. The molecule has 0 saturated heterocycles. The van der Waals surface area contributed by atoms with Crippen LogP contribution in [0.5, 0.6) is 0 Å². The van der Waals surface area contributed by atoms with E-state index in [9.17, 15) is 8.42 Å². The van der Waals surface area contributed by atoms with Crippen LogP contribution in [0.25, 0.3) is 0 Å². The van der Waals surface area contributed by atoms with Gasteiger partial charge in [-0.05, 0) is 31.5 Å². The summed E-state index contributed by atoms with van der Waals surface area (Å²) >= 11 is 2.26. The van der Waals surface area contributed by atoms with Crippen molar-refractivity contribution in [3.05, 3.63) is 65.2 Å². The van der Waals surface area contributed by atoms with Crippen molar-refractivity contribution < 1.29 is 8.42 Å². The molecule has 0 aliphatic carbocycles. The van der Waals surface area contributed by atoms with Crippen molar-refractivity contribution in [2.75, 3.05) is 6.54 Å². The second-order valence-electron chi connectivity index (χ2n) is 5.04. The van der Waals surface area contributed by atoms with Crippen LogP contribution in [0, 0.1) is 13.8 Å². The van der Waals surface area contributed by atoms with Gasteiger partial charge in [0.1, 0.15) is 0 Å². The number of halogens is 1. The molecule has 2 aromatic rings. The number of aryl methyl sites for hydroxylation is 2. The van der Waals surface area contributed by atoms with Crippen LogP contribution in [0.2, 0.25) is 0 Å². The van der Waals surface area contributed by atoms with Gasteiger partial charge < -0.3 is 0 Å². The van der Waals surface area contributed by atoms with E-state index in [4.69, 9.17) is 0 Å². The topological polar surface area (TPSA) is 46.2 Å². The second kappa shape index (κ2) is 6.89. The Morgan fingerprint density at radius 2 is 1.43 bits per heavy atom. The monoisotopic (exact) mass is 415 g/mol. The van der Waals surface area contributed by atoms with Crippen molar-refractivity contribution >= 4 is 32.6 Å². The summed E-state index contributed by atoms with van der Waals surface area (Å²) in [5, 5.41) is 0. The molecule has 1 unspecified atom stereocenters. The average Bonchev–Trinajstić information content (AvgIpc) is 2.46. The van der Waals surface area contributed by atoms with Crippen molar-refractivity contribution in [2.45, 2.75) is 22.7 Å². The van der Waals surface area contributed by atoms with E-state index >= 15 is 0 Å². The lowest BCUT2D eigenvalue weighted by molar-refractivity contribution is 0.582. The number of hydrogen-bond donors (Lipinski definition) is 1. The molecule has 0 aliphatic rings. The van der Waals surface area contributed by atoms with Crippen LogP contribution in [0.3, 0.4) is 0 Å². The third-order valence-electron chi connectivity index (χ3n) is 3.22. The van der Waals surface area contributed by atoms with Gasteiger partial charge in [0, 0.05) is 10.5 Å². The summed E-state index contributed by atoms with van der Waals surface area (Å²) in [5.41, 5.74) is 3.36. The van der Waals surface area contributed by atoms with Crippen molar-refractivity contribution in [2.24, 2.45) is 0 Å². The number of rotatable bonds is 5. The SMILES string of the molecule is Cc1ccc(C(I)CNS(=O)(=O)c2ccc(C)cc2)cc1. The van der Waals surface area contributed by atoms with Gasteiger partial charge in [-0.1, -0.05) is 70.1 Å². The first kappa shape index (κ1) is 16.5. The maximum Gasteiger partial charge on any atom is 0.240 e. The summed E-state index contributed by atoms with van der Waals surface area (Å²) in [7, 11) is -3.44. The highest BCUT2D eigenvalue weighted by atomic mass is 127. The molecule has 3 nitrogen and oxygen atoms in total. The van der Waals surface area contributed by atoms with Crippen LogP contribution < -0.4 is 4.72 Å². The van der Waals surface area contributed by atoms with Gasteiger partial charge in [0.2, 0.25) is 10.0 Å².